The summed E-state index contributed by atoms with van der Waals surface area (Å²) in [6.07, 6.45) is 3.75. The topological polar surface area (TPSA) is 57.8 Å². The van der Waals surface area contributed by atoms with Crippen molar-refractivity contribution in [2.45, 2.75) is 26.3 Å². The second kappa shape index (κ2) is 11.2. The molecule has 3 aromatic rings. The number of nitrogens with zero attached hydrogens (tertiary/aromatic N) is 5. The maximum Gasteiger partial charge on any atom is 0.193 e. The number of halogens is 2. The summed E-state index contributed by atoms with van der Waals surface area (Å²) in [5.74, 6) is 1.86. The fraction of sp³-hybridized carbons (Fsp3) is 0.350. The van der Waals surface area contributed by atoms with E-state index in [1.54, 1.807) is 0 Å². The maximum absolute atomic E-state index is 6.08. The van der Waals surface area contributed by atoms with E-state index in [1.807, 2.05) is 54.0 Å². The second-order valence-electron chi connectivity index (χ2n) is 6.37. The molecule has 2 aromatic heterocycles. The van der Waals surface area contributed by atoms with E-state index in [4.69, 9.17) is 16.6 Å². The van der Waals surface area contributed by atoms with Gasteiger partial charge in [-0.05, 0) is 43.2 Å². The Labute approximate surface area is 188 Å². The van der Waals surface area contributed by atoms with Crippen LogP contribution < -0.4 is 5.32 Å². The van der Waals surface area contributed by atoms with Gasteiger partial charge < -0.3 is 10.2 Å². The van der Waals surface area contributed by atoms with Gasteiger partial charge in [-0.15, -0.1) is 34.2 Å². The SMILES string of the molecule is CCNC(=NCCCc1nnc2ccccn12)N(C)Cc1cccc(Cl)c1.I. The monoisotopic (exact) mass is 512 g/mol. The number of pyridine rings is 1. The number of rotatable bonds is 7. The number of aromatic nitrogens is 3. The van der Waals surface area contributed by atoms with Crippen molar-refractivity contribution in [1.29, 1.82) is 0 Å². The average molecular weight is 513 g/mol. The lowest BCUT2D eigenvalue weighted by molar-refractivity contribution is 0.476. The zero-order valence-corrected chi connectivity index (χ0v) is 19.3. The average Bonchev–Trinajstić information content (AvgIpc) is 3.07. The summed E-state index contributed by atoms with van der Waals surface area (Å²) < 4.78 is 2.03. The van der Waals surface area contributed by atoms with Crippen LogP contribution in [0.5, 0.6) is 0 Å². The van der Waals surface area contributed by atoms with Crippen LogP contribution in [-0.4, -0.2) is 45.6 Å². The smallest absolute Gasteiger partial charge is 0.193 e. The number of benzene rings is 1. The van der Waals surface area contributed by atoms with Crippen molar-refractivity contribution in [3.05, 3.63) is 65.1 Å². The van der Waals surface area contributed by atoms with E-state index in [1.165, 1.54) is 0 Å². The van der Waals surface area contributed by atoms with E-state index in [9.17, 15) is 0 Å². The molecule has 0 atom stereocenters. The van der Waals surface area contributed by atoms with E-state index < -0.39 is 0 Å². The Hall–Kier alpha value is -1.87. The normalized spacial score (nSPS) is 11.3. The van der Waals surface area contributed by atoms with Crippen LogP contribution in [0.3, 0.4) is 0 Å². The zero-order chi connectivity index (χ0) is 19.1. The van der Waals surface area contributed by atoms with Gasteiger partial charge in [0.1, 0.15) is 5.82 Å². The molecular formula is C20H26ClIN6. The minimum absolute atomic E-state index is 0. The summed E-state index contributed by atoms with van der Waals surface area (Å²) >= 11 is 6.08. The van der Waals surface area contributed by atoms with Crippen molar-refractivity contribution >= 4 is 47.2 Å². The minimum atomic E-state index is 0. The molecule has 0 aliphatic rings. The van der Waals surface area contributed by atoms with Gasteiger partial charge in [-0.3, -0.25) is 9.39 Å². The fourth-order valence-corrected chi connectivity index (χ4v) is 3.15. The summed E-state index contributed by atoms with van der Waals surface area (Å²) in [5.41, 5.74) is 2.04. The van der Waals surface area contributed by atoms with E-state index in [2.05, 4.69) is 33.4 Å². The number of aryl methyl sites for hydroxylation is 1. The molecule has 0 spiro atoms. The number of aliphatic imine (C=N–C) groups is 1. The van der Waals surface area contributed by atoms with Crippen LogP contribution in [0.15, 0.2) is 53.7 Å². The highest BCUT2D eigenvalue weighted by Crippen LogP contribution is 2.12. The summed E-state index contributed by atoms with van der Waals surface area (Å²) in [5, 5.41) is 12.6. The Morgan fingerprint density at radius 2 is 2.07 bits per heavy atom. The largest absolute Gasteiger partial charge is 0.357 e. The number of nitrogens with one attached hydrogen (secondary N) is 1. The van der Waals surface area contributed by atoms with Crippen molar-refractivity contribution in [2.75, 3.05) is 20.1 Å². The highest BCUT2D eigenvalue weighted by molar-refractivity contribution is 14.0. The highest BCUT2D eigenvalue weighted by atomic mass is 127. The predicted octanol–water partition coefficient (Wildman–Crippen LogP) is 4.03. The number of guanidine groups is 1. The Bertz CT molecular complexity index is 910. The van der Waals surface area contributed by atoms with Crippen molar-refractivity contribution in [1.82, 2.24) is 24.8 Å². The fourth-order valence-electron chi connectivity index (χ4n) is 2.94. The lowest BCUT2D eigenvalue weighted by Crippen LogP contribution is -2.38. The van der Waals surface area contributed by atoms with Crippen molar-refractivity contribution in [3.8, 4) is 0 Å². The van der Waals surface area contributed by atoms with Crippen LogP contribution in [0, 0.1) is 0 Å². The highest BCUT2D eigenvalue weighted by Gasteiger charge is 2.08. The molecule has 0 amide bonds. The molecule has 0 bridgehead atoms. The van der Waals surface area contributed by atoms with Crippen molar-refractivity contribution in [3.63, 3.8) is 0 Å². The standard InChI is InChI=1S/C20H25ClN6.HI/c1-3-22-20(26(2)15-16-8-6-9-17(21)14-16)23-12-7-11-19-25-24-18-10-4-5-13-27(18)19;/h4-6,8-10,13-14H,3,7,11-12,15H2,1-2H3,(H,22,23);1H. The lowest BCUT2D eigenvalue weighted by atomic mass is 10.2. The number of fused-ring (bicyclic) bond motifs is 1. The Morgan fingerprint density at radius 3 is 2.86 bits per heavy atom. The molecule has 1 N–H and O–H groups in total. The van der Waals surface area contributed by atoms with Gasteiger partial charge >= 0.3 is 0 Å². The molecule has 3 rings (SSSR count). The van der Waals surface area contributed by atoms with Gasteiger partial charge in [0.25, 0.3) is 0 Å². The van der Waals surface area contributed by atoms with Crippen LogP contribution in [0.1, 0.15) is 24.7 Å². The molecule has 1 aromatic carbocycles. The van der Waals surface area contributed by atoms with Crippen LogP contribution in [0.4, 0.5) is 0 Å². The van der Waals surface area contributed by atoms with E-state index in [0.29, 0.717) is 0 Å². The van der Waals surface area contributed by atoms with Crippen LogP contribution in [0.25, 0.3) is 5.65 Å². The lowest BCUT2D eigenvalue weighted by Gasteiger charge is -2.22. The van der Waals surface area contributed by atoms with Gasteiger partial charge in [0.15, 0.2) is 11.6 Å². The molecule has 0 saturated heterocycles. The third-order valence-electron chi connectivity index (χ3n) is 4.21. The van der Waals surface area contributed by atoms with E-state index in [-0.39, 0.29) is 24.0 Å². The van der Waals surface area contributed by atoms with Gasteiger partial charge in [0, 0.05) is 44.3 Å². The van der Waals surface area contributed by atoms with Crippen molar-refractivity contribution in [2.24, 2.45) is 4.99 Å². The Balaban J connectivity index is 0.00000280. The zero-order valence-electron chi connectivity index (χ0n) is 16.2. The minimum Gasteiger partial charge on any atom is -0.357 e. The molecule has 8 heteroatoms. The molecule has 0 aliphatic carbocycles. The Morgan fingerprint density at radius 1 is 1.21 bits per heavy atom. The molecule has 6 nitrogen and oxygen atoms in total. The molecule has 28 heavy (non-hydrogen) atoms. The molecular weight excluding hydrogens is 487 g/mol. The first-order chi connectivity index (χ1) is 13.2. The summed E-state index contributed by atoms with van der Waals surface area (Å²) in [4.78, 5) is 6.87. The summed E-state index contributed by atoms with van der Waals surface area (Å²) in [7, 11) is 2.04. The van der Waals surface area contributed by atoms with Gasteiger partial charge in [0.2, 0.25) is 0 Å². The molecule has 0 fully saturated rings. The molecule has 0 saturated carbocycles. The molecule has 150 valence electrons. The molecule has 0 radical (unpaired) electrons. The number of hydrogen-bond donors (Lipinski definition) is 1. The third kappa shape index (κ3) is 6.07. The molecule has 0 aliphatic heterocycles. The van der Waals surface area contributed by atoms with Gasteiger partial charge in [-0.2, -0.15) is 0 Å². The molecule has 0 unspecified atom stereocenters. The maximum atomic E-state index is 6.08. The van der Waals surface area contributed by atoms with Crippen LogP contribution in [0.2, 0.25) is 5.02 Å². The quantitative estimate of drug-likeness (QED) is 0.225. The summed E-state index contributed by atoms with van der Waals surface area (Å²) in [6.45, 7) is 4.38. The van der Waals surface area contributed by atoms with E-state index in [0.717, 1.165) is 60.5 Å². The van der Waals surface area contributed by atoms with Gasteiger partial charge in [0.05, 0.1) is 0 Å². The molecule has 2 heterocycles. The van der Waals surface area contributed by atoms with Crippen LogP contribution >= 0.6 is 35.6 Å². The van der Waals surface area contributed by atoms with Gasteiger partial charge in [-0.1, -0.05) is 29.8 Å². The Kier molecular flexibility index (Phi) is 8.98. The van der Waals surface area contributed by atoms with E-state index >= 15 is 0 Å². The predicted molar refractivity (Wildman–Crippen MR) is 126 cm³/mol. The number of hydrogen-bond acceptors (Lipinski definition) is 3. The first-order valence-corrected chi connectivity index (χ1v) is 9.57. The van der Waals surface area contributed by atoms with Gasteiger partial charge in [-0.25, -0.2) is 0 Å². The first-order valence-electron chi connectivity index (χ1n) is 9.20. The van der Waals surface area contributed by atoms with Crippen molar-refractivity contribution < 1.29 is 0 Å². The first kappa shape index (κ1) is 22.4. The second-order valence-corrected chi connectivity index (χ2v) is 6.81. The van der Waals surface area contributed by atoms with Crippen LogP contribution in [-0.2, 0) is 13.0 Å². The summed E-state index contributed by atoms with van der Waals surface area (Å²) in [6, 6.07) is 13.8. The third-order valence-corrected chi connectivity index (χ3v) is 4.44.